The van der Waals surface area contributed by atoms with Gasteiger partial charge in [-0.05, 0) is 30.3 Å². The predicted molar refractivity (Wildman–Crippen MR) is 67.3 cm³/mol. The van der Waals surface area contributed by atoms with Crippen LogP contribution >= 0.6 is 0 Å². The molecule has 0 spiro atoms. The van der Waals surface area contributed by atoms with E-state index in [2.05, 4.69) is 5.32 Å². The highest BCUT2D eigenvalue weighted by Gasteiger charge is 2.11. The van der Waals surface area contributed by atoms with Gasteiger partial charge in [-0.3, -0.25) is 0 Å². The van der Waals surface area contributed by atoms with Crippen LogP contribution in [0.4, 0.5) is 10.1 Å². The van der Waals surface area contributed by atoms with Gasteiger partial charge < -0.3 is 10.1 Å². The molecule has 0 bridgehead atoms. The second-order valence-corrected chi connectivity index (χ2v) is 3.68. The van der Waals surface area contributed by atoms with Crippen molar-refractivity contribution in [1.82, 2.24) is 0 Å². The Bertz CT molecular complexity index is 555. The number of halogens is 1. The molecule has 18 heavy (non-hydrogen) atoms. The van der Waals surface area contributed by atoms with Crippen molar-refractivity contribution in [2.24, 2.45) is 0 Å². The largest absolute Gasteiger partial charge is 0.423 e. The summed E-state index contributed by atoms with van der Waals surface area (Å²) < 4.78 is 18.4. The number of anilines is 1. The smallest absolute Gasteiger partial charge is 0.343 e. The molecule has 3 nitrogen and oxygen atoms in total. The van der Waals surface area contributed by atoms with Crippen molar-refractivity contribution in [2.75, 3.05) is 12.4 Å². The van der Waals surface area contributed by atoms with Crippen LogP contribution in [0.3, 0.4) is 0 Å². The third-order valence-corrected chi connectivity index (χ3v) is 2.38. The van der Waals surface area contributed by atoms with Crippen LogP contribution in [0.1, 0.15) is 10.4 Å². The lowest BCUT2D eigenvalue weighted by atomic mass is 10.2. The summed E-state index contributed by atoms with van der Waals surface area (Å²) in [4.78, 5) is 11.8. The number of carbonyl (C=O) groups is 1. The topological polar surface area (TPSA) is 38.3 Å². The fourth-order valence-corrected chi connectivity index (χ4v) is 1.51. The third kappa shape index (κ3) is 2.85. The molecule has 2 aromatic rings. The van der Waals surface area contributed by atoms with E-state index in [-0.39, 0.29) is 5.56 Å². The van der Waals surface area contributed by atoms with Gasteiger partial charge in [0.25, 0.3) is 0 Å². The van der Waals surface area contributed by atoms with E-state index < -0.39 is 11.8 Å². The van der Waals surface area contributed by atoms with Crippen LogP contribution in [-0.4, -0.2) is 13.0 Å². The first-order valence-electron chi connectivity index (χ1n) is 5.44. The molecule has 0 saturated carbocycles. The number of hydrogen-bond donors (Lipinski definition) is 1. The van der Waals surface area contributed by atoms with Crippen LogP contribution in [-0.2, 0) is 0 Å². The Labute approximate surface area is 104 Å². The molecule has 1 N–H and O–H groups in total. The lowest BCUT2D eigenvalue weighted by molar-refractivity contribution is 0.0734. The Morgan fingerprint density at radius 2 is 1.89 bits per heavy atom. The van der Waals surface area contributed by atoms with E-state index in [9.17, 15) is 9.18 Å². The second kappa shape index (κ2) is 5.31. The maximum absolute atomic E-state index is 13.3. The zero-order valence-corrected chi connectivity index (χ0v) is 9.81. The number of ether oxygens (including phenoxy) is 1. The van der Waals surface area contributed by atoms with Crippen LogP contribution in [0.5, 0.6) is 5.75 Å². The highest BCUT2D eigenvalue weighted by atomic mass is 19.1. The van der Waals surface area contributed by atoms with E-state index in [1.807, 2.05) is 6.07 Å². The van der Waals surface area contributed by atoms with Crippen LogP contribution in [0, 0.1) is 5.82 Å². The quantitative estimate of drug-likeness (QED) is 0.667. The Balaban J connectivity index is 2.21. The van der Waals surface area contributed by atoms with E-state index in [0.717, 1.165) is 6.07 Å². The Morgan fingerprint density at radius 3 is 2.56 bits per heavy atom. The molecule has 0 aliphatic rings. The maximum atomic E-state index is 13.3. The van der Waals surface area contributed by atoms with Crippen LogP contribution in [0.25, 0.3) is 0 Å². The van der Waals surface area contributed by atoms with E-state index in [4.69, 9.17) is 4.74 Å². The minimum atomic E-state index is -0.586. The van der Waals surface area contributed by atoms with Crippen molar-refractivity contribution < 1.29 is 13.9 Å². The molecule has 0 aromatic heterocycles. The normalized spacial score (nSPS) is 9.89. The number of para-hydroxylation sites is 1. The van der Waals surface area contributed by atoms with Gasteiger partial charge in [-0.15, -0.1) is 0 Å². The molecule has 0 unspecified atom stereocenters. The standard InChI is InChI=1S/C14H12FNO2/c1-16-12-8-10(7-11(15)9-12)14(17)18-13-5-3-2-4-6-13/h2-9,16H,1H3. The summed E-state index contributed by atoms with van der Waals surface area (Å²) in [6.45, 7) is 0. The fourth-order valence-electron chi connectivity index (χ4n) is 1.51. The number of nitrogens with one attached hydrogen (secondary N) is 1. The van der Waals surface area contributed by atoms with Gasteiger partial charge in [0, 0.05) is 12.7 Å². The molecule has 0 aliphatic carbocycles. The SMILES string of the molecule is CNc1cc(F)cc(C(=O)Oc2ccccc2)c1. The number of hydrogen-bond acceptors (Lipinski definition) is 3. The average Bonchev–Trinajstić information content (AvgIpc) is 2.39. The van der Waals surface area contributed by atoms with Gasteiger partial charge in [0.2, 0.25) is 0 Å². The molecule has 0 heterocycles. The van der Waals surface area contributed by atoms with Crippen molar-refractivity contribution in [3.63, 3.8) is 0 Å². The number of esters is 1. The monoisotopic (exact) mass is 245 g/mol. The molecular formula is C14H12FNO2. The van der Waals surface area contributed by atoms with Crippen molar-refractivity contribution in [3.05, 3.63) is 59.9 Å². The lowest BCUT2D eigenvalue weighted by Gasteiger charge is -2.06. The molecule has 0 radical (unpaired) electrons. The molecule has 2 aromatic carbocycles. The first kappa shape index (κ1) is 12.1. The molecule has 0 fully saturated rings. The summed E-state index contributed by atoms with van der Waals surface area (Å²) in [5.74, 6) is -0.642. The zero-order valence-electron chi connectivity index (χ0n) is 9.81. The van der Waals surface area contributed by atoms with Gasteiger partial charge in [-0.2, -0.15) is 0 Å². The summed E-state index contributed by atoms with van der Waals surface area (Å²) in [6.07, 6.45) is 0. The highest BCUT2D eigenvalue weighted by molar-refractivity contribution is 5.92. The van der Waals surface area contributed by atoms with Crippen LogP contribution in [0.15, 0.2) is 48.5 Å². The minimum Gasteiger partial charge on any atom is -0.423 e. The van der Waals surface area contributed by atoms with E-state index in [0.29, 0.717) is 11.4 Å². The summed E-state index contributed by atoms with van der Waals surface area (Å²) >= 11 is 0. The Morgan fingerprint density at radius 1 is 1.17 bits per heavy atom. The van der Waals surface area contributed by atoms with Gasteiger partial charge in [0.15, 0.2) is 0 Å². The lowest BCUT2D eigenvalue weighted by Crippen LogP contribution is -2.09. The molecule has 92 valence electrons. The van der Waals surface area contributed by atoms with Gasteiger partial charge in [-0.1, -0.05) is 18.2 Å². The zero-order chi connectivity index (χ0) is 13.0. The average molecular weight is 245 g/mol. The molecule has 0 aliphatic heterocycles. The van der Waals surface area contributed by atoms with Gasteiger partial charge in [0.05, 0.1) is 5.56 Å². The number of carbonyl (C=O) groups excluding carboxylic acids is 1. The van der Waals surface area contributed by atoms with Crippen molar-refractivity contribution in [3.8, 4) is 5.75 Å². The molecule has 0 amide bonds. The van der Waals surface area contributed by atoms with Crippen molar-refractivity contribution in [1.29, 1.82) is 0 Å². The van der Waals surface area contributed by atoms with E-state index in [1.54, 1.807) is 31.3 Å². The molecule has 0 saturated heterocycles. The molecule has 4 heteroatoms. The first-order valence-corrected chi connectivity index (χ1v) is 5.44. The summed E-state index contributed by atoms with van der Waals surface area (Å²) in [7, 11) is 1.65. The number of benzene rings is 2. The minimum absolute atomic E-state index is 0.170. The van der Waals surface area contributed by atoms with Crippen molar-refractivity contribution >= 4 is 11.7 Å². The number of rotatable bonds is 3. The summed E-state index contributed by atoms with van der Waals surface area (Å²) in [5.41, 5.74) is 0.693. The molecule has 2 rings (SSSR count). The summed E-state index contributed by atoms with van der Waals surface area (Å²) in [5, 5.41) is 2.78. The molecular weight excluding hydrogens is 233 g/mol. The molecule has 0 atom stereocenters. The second-order valence-electron chi connectivity index (χ2n) is 3.68. The van der Waals surface area contributed by atoms with E-state index >= 15 is 0 Å². The predicted octanol–water partition coefficient (Wildman–Crippen LogP) is 3.09. The summed E-state index contributed by atoms with van der Waals surface area (Å²) in [6, 6.07) is 12.6. The third-order valence-electron chi connectivity index (χ3n) is 2.38. The Kier molecular flexibility index (Phi) is 3.57. The first-order chi connectivity index (χ1) is 8.69. The van der Waals surface area contributed by atoms with E-state index in [1.165, 1.54) is 12.1 Å². The fraction of sp³-hybridized carbons (Fsp3) is 0.0714. The maximum Gasteiger partial charge on any atom is 0.343 e. The Hall–Kier alpha value is -2.36. The van der Waals surface area contributed by atoms with Crippen LogP contribution < -0.4 is 10.1 Å². The van der Waals surface area contributed by atoms with Gasteiger partial charge >= 0.3 is 5.97 Å². The van der Waals surface area contributed by atoms with Gasteiger partial charge in [-0.25, -0.2) is 9.18 Å². The van der Waals surface area contributed by atoms with Crippen LogP contribution in [0.2, 0.25) is 0 Å². The van der Waals surface area contributed by atoms with Crippen molar-refractivity contribution in [2.45, 2.75) is 0 Å². The van der Waals surface area contributed by atoms with Gasteiger partial charge in [0.1, 0.15) is 11.6 Å². The highest BCUT2D eigenvalue weighted by Crippen LogP contribution is 2.16.